The Morgan fingerprint density at radius 2 is 2.00 bits per heavy atom. The number of rotatable bonds is 4. The molecule has 27 heavy (non-hydrogen) atoms. The van der Waals surface area contributed by atoms with E-state index in [0.29, 0.717) is 36.1 Å². The molecule has 1 aliphatic heterocycles. The minimum atomic E-state index is -0.293. The van der Waals surface area contributed by atoms with Gasteiger partial charge in [0.15, 0.2) is 11.5 Å². The zero-order chi connectivity index (χ0) is 19.0. The molecular weight excluding hydrogens is 369 g/mol. The van der Waals surface area contributed by atoms with Crippen molar-refractivity contribution in [2.24, 2.45) is 0 Å². The largest absolute Gasteiger partial charge is 0.485 e. The fraction of sp³-hybridized carbons (Fsp3) is 0.263. The standard InChI is InChI=1S/C19H18FN3O3S/c1-11-15(12(2)23(22-11)14-5-3-13(20)4-6-14)9-21-19(24)18-17-16(10-27-18)25-7-8-26-17/h3-6,10H,7-9H2,1-2H3,(H,21,24). The van der Waals surface area contributed by atoms with Crippen molar-refractivity contribution in [1.29, 1.82) is 0 Å². The molecule has 140 valence electrons. The van der Waals surface area contributed by atoms with Crippen molar-refractivity contribution in [3.63, 3.8) is 0 Å². The summed E-state index contributed by atoms with van der Waals surface area (Å²) in [4.78, 5) is 13.1. The summed E-state index contributed by atoms with van der Waals surface area (Å²) in [6, 6.07) is 6.14. The van der Waals surface area contributed by atoms with E-state index in [0.717, 1.165) is 22.6 Å². The average molecular weight is 387 g/mol. The van der Waals surface area contributed by atoms with Gasteiger partial charge in [-0.15, -0.1) is 11.3 Å². The van der Waals surface area contributed by atoms with Gasteiger partial charge in [0, 0.05) is 23.2 Å². The van der Waals surface area contributed by atoms with Crippen LogP contribution in [-0.4, -0.2) is 28.9 Å². The summed E-state index contributed by atoms with van der Waals surface area (Å²) in [6.07, 6.45) is 0. The number of benzene rings is 1. The van der Waals surface area contributed by atoms with E-state index in [-0.39, 0.29) is 11.7 Å². The predicted molar refractivity (Wildman–Crippen MR) is 99.5 cm³/mol. The molecule has 3 aromatic rings. The fourth-order valence-electron chi connectivity index (χ4n) is 3.03. The third-order valence-electron chi connectivity index (χ3n) is 4.45. The van der Waals surface area contributed by atoms with Gasteiger partial charge in [-0.2, -0.15) is 5.10 Å². The first-order valence-electron chi connectivity index (χ1n) is 8.51. The van der Waals surface area contributed by atoms with Crippen LogP contribution in [0.4, 0.5) is 4.39 Å². The summed E-state index contributed by atoms with van der Waals surface area (Å²) in [7, 11) is 0. The molecule has 0 radical (unpaired) electrons. The molecule has 1 N–H and O–H groups in total. The molecule has 0 saturated heterocycles. The average Bonchev–Trinajstić information content (AvgIpc) is 3.22. The maximum Gasteiger partial charge on any atom is 0.265 e. The molecule has 0 unspecified atom stereocenters. The van der Waals surface area contributed by atoms with Crippen molar-refractivity contribution in [3.8, 4) is 17.2 Å². The van der Waals surface area contributed by atoms with Gasteiger partial charge in [-0.1, -0.05) is 0 Å². The number of ether oxygens (including phenoxy) is 2. The van der Waals surface area contributed by atoms with E-state index in [4.69, 9.17) is 9.47 Å². The number of aryl methyl sites for hydroxylation is 1. The highest BCUT2D eigenvalue weighted by Gasteiger charge is 2.24. The van der Waals surface area contributed by atoms with Crippen LogP contribution in [0.1, 0.15) is 26.6 Å². The van der Waals surface area contributed by atoms with Gasteiger partial charge in [-0.3, -0.25) is 4.79 Å². The Labute approximate surface area is 159 Å². The van der Waals surface area contributed by atoms with Gasteiger partial charge in [-0.05, 0) is 38.1 Å². The number of thiophene rings is 1. The number of nitrogens with one attached hydrogen (secondary N) is 1. The summed E-state index contributed by atoms with van der Waals surface area (Å²) in [5.41, 5.74) is 3.40. The maximum atomic E-state index is 13.2. The van der Waals surface area contributed by atoms with Crippen molar-refractivity contribution >= 4 is 17.2 Å². The van der Waals surface area contributed by atoms with E-state index in [2.05, 4.69) is 10.4 Å². The van der Waals surface area contributed by atoms with Gasteiger partial charge >= 0.3 is 0 Å². The fourth-order valence-corrected chi connectivity index (χ4v) is 3.88. The summed E-state index contributed by atoms with van der Waals surface area (Å²) in [5.74, 6) is 0.630. The lowest BCUT2D eigenvalue weighted by molar-refractivity contribution is 0.0945. The Balaban J connectivity index is 1.52. The zero-order valence-electron chi connectivity index (χ0n) is 14.9. The lowest BCUT2D eigenvalue weighted by Crippen LogP contribution is -2.24. The van der Waals surface area contributed by atoms with Gasteiger partial charge in [0.25, 0.3) is 5.91 Å². The molecule has 4 rings (SSSR count). The normalized spacial score (nSPS) is 12.9. The van der Waals surface area contributed by atoms with E-state index in [1.165, 1.54) is 23.5 Å². The first-order valence-corrected chi connectivity index (χ1v) is 9.39. The van der Waals surface area contributed by atoms with E-state index < -0.39 is 0 Å². The van der Waals surface area contributed by atoms with E-state index >= 15 is 0 Å². The Bertz CT molecular complexity index is 995. The predicted octanol–water partition coefficient (Wildman–Crippen LogP) is 3.39. The van der Waals surface area contributed by atoms with Crippen LogP contribution >= 0.6 is 11.3 Å². The SMILES string of the molecule is Cc1nn(-c2ccc(F)cc2)c(C)c1CNC(=O)c1scc2c1OCCO2. The first kappa shape index (κ1) is 17.5. The molecule has 0 fully saturated rings. The first-order chi connectivity index (χ1) is 13.0. The molecule has 2 aromatic heterocycles. The Kier molecular flexibility index (Phi) is 4.57. The van der Waals surface area contributed by atoms with Crippen LogP contribution in [0.15, 0.2) is 29.6 Å². The number of carbonyl (C=O) groups is 1. The topological polar surface area (TPSA) is 65.4 Å². The highest BCUT2D eigenvalue weighted by Crippen LogP contribution is 2.39. The van der Waals surface area contributed by atoms with Crippen LogP contribution in [0.2, 0.25) is 0 Å². The number of aromatic nitrogens is 2. The lowest BCUT2D eigenvalue weighted by atomic mass is 10.2. The smallest absolute Gasteiger partial charge is 0.265 e. The molecule has 8 heteroatoms. The van der Waals surface area contributed by atoms with Crippen molar-refractivity contribution < 1.29 is 18.7 Å². The van der Waals surface area contributed by atoms with Gasteiger partial charge < -0.3 is 14.8 Å². The molecule has 0 saturated carbocycles. The summed E-state index contributed by atoms with van der Waals surface area (Å²) >= 11 is 1.30. The molecule has 1 aliphatic rings. The van der Waals surface area contributed by atoms with Gasteiger partial charge in [-0.25, -0.2) is 9.07 Å². The van der Waals surface area contributed by atoms with Crippen molar-refractivity contribution in [2.45, 2.75) is 20.4 Å². The third kappa shape index (κ3) is 3.28. The number of fused-ring (bicyclic) bond motifs is 1. The third-order valence-corrected chi connectivity index (χ3v) is 5.38. The van der Waals surface area contributed by atoms with Crippen LogP contribution in [0.25, 0.3) is 5.69 Å². The summed E-state index contributed by atoms with van der Waals surface area (Å²) in [6.45, 7) is 5.08. The number of amides is 1. The Morgan fingerprint density at radius 1 is 1.26 bits per heavy atom. The molecule has 0 aliphatic carbocycles. The minimum Gasteiger partial charge on any atom is -0.485 e. The molecule has 1 aromatic carbocycles. The molecule has 0 spiro atoms. The van der Waals surface area contributed by atoms with Gasteiger partial charge in [0.05, 0.1) is 11.4 Å². The molecule has 6 nitrogen and oxygen atoms in total. The second kappa shape index (κ2) is 7.03. The second-order valence-corrected chi connectivity index (χ2v) is 7.06. The monoisotopic (exact) mass is 387 g/mol. The molecule has 0 bridgehead atoms. The van der Waals surface area contributed by atoms with Crippen molar-refractivity contribution in [2.75, 3.05) is 13.2 Å². The molecule has 0 atom stereocenters. The quantitative estimate of drug-likeness (QED) is 0.745. The van der Waals surface area contributed by atoms with E-state index in [9.17, 15) is 9.18 Å². The number of halogens is 1. The number of nitrogens with zero attached hydrogens (tertiary/aromatic N) is 2. The van der Waals surface area contributed by atoms with E-state index in [1.807, 2.05) is 13.8 Å². The molecule has 1 amide bonds. The highest BCUT2D eigenvalue weighted by atomic mass is 32.1. The number of hydrogen-bond donors (Lipinski definition) is 1. The van der Waals surface area contributed by atoms with Crippen LogP contribution in [0.3, 0.4) is 0 Å². The minimum absolute atomic E-state index is 0.208. The molecular formula is C19H18FN3O3S. The Morgan fingerprint density at radius 3 is 2.78 bits per heavy atom. The summed E-state index contributed by atoms with van der Waals surface area (Å²) < 4.78 is 26.0. The van der Waals surface area contributed by atoms with Crippen LogP contribution in [0.5, 0.6) is 11.5 Å². The van der Waals surface area contributed by atoms with Gasteiger partial charge in [0.1, 0.15) is 23.9 Å². The number of carbonyl (C=O) groups excluding carboxylic acids is 1. The molecule has 3 heterocycles. The highest BCUT2D eigenvalue weighted by molar-refractivity contribution is 7.12. The maximum absolute atomic E-state index is 13.2. The number of hydrogen-bond acceptors (Lipinski definition) is 5. The lowest BCUT2D eigenvalue weighted by Gasteiger charge is -2.15. The van der Waals surface area contributed by atoms with Gasteiger partial charge in [0.2, 0.25) is 0 Å². The van der Waals surface area contributed by atoms with E-state index in [1.54, 1.807) is 22.2 Å². The van der Waals surface area contributed by atoms with Crippen molar-refractivity contribution in [3.05, 3.63) is 57.3 Å². The Hall–Kier alpha value is -2.87. The van der Waals surface area contributed by atoms with Crippen molar-refractivity contribution in [1.82, 2.24) is 15.1 Å². The van der Waals surface area contributed by atoms with Crippen LogP contribution < -0.4 is 14.8 Å². The van der Waals surface area contributed by atoms with Crippen LogP contribution in [-0.2, 0) is 6.54 Å². The summed E-state index contributed by atoms with van der Waals surface area (Å²) in [5, 5.41) is 9.24. The zero-order valence-corrected chi connectivity index (χ0v) is 15.7. The van der Waals surface area contributed by atoms with Crippen LogP contribution in [0, 0.1) is 19.7 Å². The second-order valence-electron chi connectivity index (χ2n) is 6.18.